The van der Waals surface area contributed by atoms with Gasteiger partial charge in [0, 0.05) is 30.1 Å². The highest BCUT2D eigenvalue weighted by molar-refractivity contribution is 9.10. The van der Waals surface area contributed by atoms with Crippen LogP contribution in [0.3, 0.4) is 0 Å². The number of hydrogen-bond donors (Lipinski definition) is 1. The lowest BCUT2D eigenvalue weighted by molar-refractivity contribution is 0.133. The summed E-state index contributed by atoms with van der Waals surface area (Å²) in [6.45, 7) is 6.22. The zero-order valence-electron chi connectivity index (χ0n) is 10.2. The molecular weight excluding hydrogens is 300 g/mol. The molecule has 2 heterocycles. The fraction of sp³-hybridized carbons (Fsp3) is 0.667. The zero-order valence-corrected chi connectivity index (χ0v) is 12.6. The molecule has 0 spiro atoms. The fourth-order valence-corrected chi connectivity index (χ4v) is 3.92. The van der Waals surface area contributed by atoms with E-state index in [1.165, 1.54) is 5.75 Å². The zero-order chi connectivity index (χ0) is 12.4. The summed E-state index contributed by atoms with van der Waals surface area (Å²) in [5.41, 5.74) is 5.94. The highest BCUT2D eigenvalue weighted by Crippen LogP contribution is 2.34. The topological polar surface area (TPSA) is 42.4 Å². The molecule has 1 fully saturated rings. The predicted octanol–water partition coefficient (Wildman–Crippen LogP) is 2.87. The van der Waals surface area contributed by atoms with Crippen LogP contribution in [0, 0.1) is 0 Å². The highest BCUT2D eigenvalue weighted by Gasteiger charge is 2.33. The average molecular weight is 319 g/mol. The summed E-state index contributed by atoms with van der Waals surface area (Å²) in [6.07, 6.45) is 1.72. The number of hydrogen-bond acceptors (Lipinski definition) is 4. The van der Waals surface area contributed by atoms with Crippen molar-refractivity contribution in [2.45, 2.75) is 31.2 Å². The van der Waals surface area contributed by atoms with Crippen LogP contribution in [0.4, 0.5) is 0 Å². The smallest absolute Gasteiger partial charge is 0.136 e. The predicted molar refractivity (Wildman–Crippen MR) is 76.3 cm³/mol. The summed E-state index contributed by atoms with van der Waals surface area (Å²) < 4.78 is 6.60. The second-order valence-electron chi connectivity index (χ2n) is 4.44. The van der Waals surface area contributed by atoms with E-state index in [4.69, 9.17) is 10.2 Å². The van der Waals surface area contributed by atoms with Gasteiger partial charge in [-0.2, -0.15) is 11.8 Å². The molecule has 3 atom stereocenters. The Labute approximate surface area is 115 Å². The van der Waals surface area contributed by atoms with Crippen LogP contribution in [0.1, 0.15) is 25.6 Å². The largest absolute Gasteiger partial charge is 0.466 e. The molecule has 2 rings (SSSR count). The number of halogens is 1. The van der Waals surface area contributed by atoms with E-state index >= 15 is 0 Å². The van der Waals surface area contributed by atoms with Gasteiger partial charge in [0.1, 0.15) is 5.76 Å². The number of furan rings is 1. The van der Waals surface area contributed by atoms with Crippen LogP contribution in [0.5, 0.6) is 0 Å². The Balaban J connectivity index is 2.21. The molecule has 0 amide bonds. The maximum atomic E-state index is 5.94. The first-order chi connectivity index (χ1) is 8.15. The second-order valence-corrected chi connectivity index (χ2v) is 6.78. The van der Waals surface area contributed by atoms with Crippen LogP contribution in [0.2, 0.25) is 0 Å². The van der Waals surface area contributed by atoms with Crippen molar-refractivity contribution in [3.05, 3.63) is 22.6 Å². The molecule has 1 saturated heterocycles. The molecule has 0 bridgehead atoms. The molecular formula is C12H19BrN2OS. The molecule has 1 aliphatic heterocycles. The van der Waals surface area contributed by atoms with Crippen molar-refractivity contribution >= 4 is 27.7 Å². The van der Waals surface area contributed by atoms with E-state index in [0.29, 0.717) is 17.8 Å². The minimum Gasteiger partial charge on any atom is -0.466 e. The second kappa shape index (κ2) is 5.78. The Morgan fingerprint density at radius 3 is 3.00 bits per heavy atom. The molecule has 1 aromatic heterocycles. The first-order valence-electron chi connectivity index (χ1n) is 5.95. The van der Waals surface area contributed by atoms with Crippen LogP contribution >= 0.6 is 27.7 Å². The fourth-order valence-electron chi connectivity index (χ4n) is 2.33. The molecule has 2 N–H and O–H groups in total. The molecule has 3 nitrogen and oxygen atoms in total. The van der Waals surface area contributed by atoms with Crippen LogP contribution in [0.15, 0.2) is 21.2 Å². The molecule has 0 saturated carbocycles. The Morgan fingerprint density at radius 1 is 1.65 bits per heavy atom. The van der Waals surface area contributed by atoms with E-state index in [1.807, 2.05) is 17.8 Å². The SMILES string of the molecule is CC1SCCN(C(CN)c2occc2Br)C1C. The third-order valence-corrected chi connectivity index (χ3v) is 5.50. The van der Waals surface area contributed by atoms with Gasteiger partial charge in [0.15, 0.2) is 0 Å². The first-order valence-corrected chi connectivity index (χ1v) is 7.79. The Morgan fingerprint density at radius 2 is 2.41 bits per heavy atom. The molecule has 5 heteroatoms. The molecule has 1 aliphatic rings. The normalized spacial score (nSPS) is 28.2. The van der Waals surface area contributed by atoms with Gasteiger partial charge in [0.05, 0.1) is 16.8 Å². The summed E-state index contributed by atoms with van der Waals surface area (Å²) in [7, 11) is 0. The molecule has 3 unspecified atom stereocenters. The lowest BCUT2D eigenvalue weighted by Gasteiger charge is -2.41. The quantitative estimate of drug-likeness (QED) is 0.930. The molecule has 96 valence electrons. The van der Waals surface area contributed by atoms with E-state index in [9.17, 15) is 0 Å². The summed E-state index contributed by atoms with van der Waals surface area (Å²) in [5.74, 6) is 2.12. The van der Waals surface area contributed by atoms with Gasteiger partial charge in [-0.1, -0.05) is 6.92 Å². The Bertz CT molecular complexity index is 371. The van der Waals surface area contributed by atoms with Crippen molar-refractivity contribution in [2.24, 2.45) is 5.73 Å². The van der Waals surface area contributed by atoms with Gasteiger partial charge < -0.3 is 10.2 Å². The van der Waals surface area contributed by atoms with Gasteiger partial charge in [-0.3, -0.25) is 4.90 Å². The van der Waals surface area contributed by atoms with Gasteiger partial charge in [0.25, 0.3) is 0 Å². The van der Waals surface area contributed by atoms with E-state index < -0.39 is 0 Å². The van der Waals surface area contributed by atoms with E-state index in [0.717, 1.165) is 16.8 Å². The third kappa shape index (κ3) is 2.72. The minimum absolute atomic E-state index is 0.178. The van der Waals surface area contributed by atoms with Crippen molar-refractivity contribution in [3.63, 3.8) is 0 Å². The number of nitrogens with zero attached hydrogens (tertiary/aromatic N) is 1. The van der Waals surface area contributed by atoms with Gasteiger partial charge in [-0.05, 0) is 28.9 Å². The number of thioether (sulfide) groups is 1. The molecule has 0 radical (unpaired) electrons. The van der Waals surface area contributed by atoms with E-state index in [1.54, 1.807) is 6.26 Å². The van der Waals surface area contributed by atoms with Crippen LogP contribution in [-0.2, 0) is 0 Å². The highest BCUT2D eigenvalue weighted by atomic mass is 79.9. The Kier molecular flexibility index (Phi) is 4.58. The minimum atomic E-state index is 0.178. The lowest BCUT2D eigenvalue weighted by atomic mass is 10.1. The summed E-state index contributed by atoms with van der Waals surface area (Å²) in [5, 5.41) is 0.645. The standard InChI is InChI=1S/C12H19BrN2OS/c1-8-9(2)17-6-4-15(8)11(7-14)12-10(13)3-5-16-12/h3,5,8-9,11H,4,6-7,14H2,1-2H3. The summed E-state index contributed by atoms with van der Waals surface area (Å²) in [4.78, 5) is 2.46. The van der Waals surface area contributed by atoms with Crippen LogP contribution in [-0.4, -0.2) is 35.0 Å². The van der Waals surface area contributed by atoms with Crippen LogP contribution in [0.25, 0.3) is 0 Å². The maximum absolute atomic E-state index is 5.94. The van der Waals surface area contributed by atoms with Crippen molar-refractivity contribution in [1.82, 2.24) is 4.90 Å². The molecule has 0 aromatic carbocycles. The number of nitrogens with two attached hydrogens (primary N) is 1. The third-order valence-electron chi connectivity index (χ3n) is 3.50. The average Bonchev–Trinajstić information content (AvgIpc) is 2.72. The van der Waals surface area contributed by atoms with Gasteiger partial charge in [0.2, 0.25) is 0 Å². The van der Waals surface area contributed by atoms with Crippen molar-refractivity contribution in [2.75, 3.05) is 18.8 Å². The van der Waals surface area contributed by atoms with Crippen molar-refractivity contribution < 1.29 is 4.42 Å². The van der Waals surface area contributed by atoms with Gasteiger partial charge in [-0.15, -0.1) is 0 Å². The molecule has 1 aromatic rings. The summed E-state index contributed by atoms with van der Waals surface area (Å²) in [6, 6.07) is 2.64. The van der Waals surface area contributed by atoms with E-state index in [-0.39, 0.29) is 6.04 Å². The summed E-state index contributed by atoms with van der Waals surface area (Å²) >= 11 is 5.56. The first kappa shape index (κ1) is 13.5. The van der Waals surface area contributed by atoms with Gasteiger partial charge >= 0.3 is 0 Å². The Hall–Kier alpha value is 0.0300. The van der Waals surface area contributed by atoms with E-state index in [2.05, 4.69) is 34.7 Å². The number of rotatable bonds is 3. The lowest BCUT2D eigenvalue weighted by Crippen LogP contribution is -2.48. The van der Waals surface area contributed by atoms with Crippen molar-refractivity contribution in [3.8, 4) is 0 Å². The molecule has 17 heavy (non-hydrogen) atoms. The van der Waals surface area contributed by atoms with Gasteiger partial charge in [-0.25, -0.2) is 0 Å². The maximum Gasteiger partial charge on any atom is 0.136 e. The monoisotopic (exact) mass is 318 g/mol. The van der Waals surface area contributed by atoms with Crippen LogP contribution < -0.4 is 5.73 Å². The van der Waals surface area contributed by atoms with Crippen molar-refractivity contribution in [1.29, 1.82) is 0 Å². The molecule has 0 aliphatic carbocycles.